The number of likely N-dealkylation sites (tertiary alicyclic amines) is 1. The van der Waals surface area contributed by atoms with Crippen LogP contribution in [0.5, 0.6) is 5.75 Å². The van der Waals surface area contributed by atoms with Gasteiger partial charge in [-0.25, -0.2) is 4.39 Å². The predicted octanol–water partition coefficient (Wildman–Crippen LogP) is 5.70. The summed E-state index contributed by atoms with van der Waals surface area (Å²) < 4.78 is 18.5. The maximum Gasteiger partial charge on any atom is 0.123 e. The van der Waals surface area contributed by atoms with Crippen molar-refractivity contribution in [2.75, 3.05) is 26.2 Å². The Kier molecular flexibility index (Phi) is 11.1. The van der Waals surface area contributed by atoms with E-state index in [2.05, 4.69) is 11.8 Å². The molecular formula is C20H33ClFNO. The van der Waals surface area contributed by atoms with Crippen LogP contribution in [0.1, 0.15) is 58.3 Å². The van der Waals surface area contributed by atoms with Crippen LogP contribution in [0.2, 0.25) is 0 Å². The highest BCUT2D eigenvalue weighted by Gasteiger charge is 2.18. The summed E-state index contributed by atoms with van der Waals surface area (Å²) in [6.07, 6.45) is 10.6. The summed E-state index contributed by atoms with van der Waals surface area (Å²) in [7, 11) is 0. The van der Waals surface area contributed by atoms with E-state index in [1.165, 1.54) is 76.7 Å². The molecule has 1 aliphatic rings. The van der Waals surface area contributed by atoms with E-state index in [-0.39, 0.29) is 18.2 Å². The molecule has 0 aromatic heterocycles. The van der Waals surface area contributed by atoms with E-state index in [1.54, 1.807) is 12.1 Å². The fourth-order valence-electron chi connectivity index (χ4n) is 3.31. The summed E-state index contributed by atoms with van der Waals surface area (Å²) >= 11 is 0. The van der Waals surface area contributed by atoms with Crippen molar-refractivity contribution in [3.05, 3.63) is 30.1 Å². The van der Waals surface area contributed by atoms with Gasteiger partial charge < -0.3 is 9.64 Å². The number of piperidine rings is 1. The Labute approximate surface area is 153 Å². The second-order valence-electron chi connectivity index (χ2n) is 6.79. The highest BCUT2D eigenvalue weighted by molar-refractivity contribution is 5.85. The third-order valence-electron chi connectivity index (χ3n) is 4.89. The van der Waals surface area contributed by atoms with Crippen LogP contribution in [0.25, 0.3) is 0 Å². The standard InChI is InChI=1S/C20H32FNO.ClH/c1-2-3-4-5-6-14-22-15-11-18(12-16-22)13-17-23-20-9-7-19(21)8-10-20;/h7-10,18H,2-6,11-17H2,1H3;1H. The first kappa shape index (κ1) is 21.2. The number of unbranched alkanes of at least 4 members (excludes halogenated alkanes) is 4. The van der Waals surface area contributed by atoms with E-state index in [1.807, 2.05) is 0 Å². The van der Waals surface area contributed by atoms with Crippen LogP contribution in [0.15, 0.2) is 24.3 Å². The van der Waals surface area contributed by atoms with Crippen molar-refractivity contribution in [1.82, 2.24) is 4.90 Å². The number of ether oxygens (including phenoxy) is 1. The normalized spacial score (nSPS) is 15.9. The molecule has 2 rings (SSSR count). The summed E-state index contributed by atoms with van der Waals surface area (Å²) in [5.41, 5.74) is 0. The largest absolute Gasteiger partial charge is 0.494 e. The zero-order valence-electron chi connectivity index (χ0n) is 15.0. The smallest absolute Gasteiger partial charge is 0.123 e. The summed E-state index contributed by atoms with van der Waals surface area (Å²) in [5.74, 6) is 1.35. The molecule has 1 aromatic carbocycles. The third kappa shape index (κ3) is 8.34. The lowest BCUT2D eigenvalue weighted by Gasteiger charge is -2.31. The van der Waals surface area contributed by atoms with Gasteiger partial charge in [0, 0.05) is 0 Å². The van der Waals surface area contributed by atoms with Gasteiger partial charge in [-0.15, -0.1) is 12.4 Å². The van der Waals surface area contributed by atoms with Crippen LogP contribution >= 0.6 is 12.4 Å². The van der Waals surface area contributed by atoms with Gasteiger partial charge in [-0.2, -0.15) is 0 Å². The first-order valence-corrected chi connectivity index (χ1v) is 9.38. The molecule has 0 amide bonds. The summed E-state index contributed by atoms with van der Waals surface area (Å²) in [5, 5.41) is 0. The Morgan fingerprint density at radius 1 is 1.04 bits per heavy atom. The maximum atomic E-state index is 12.8. The monoisotopic (exact) mass is 357 g/mol. The number of benzene rings is 1. The molecule has 0 aliphatic carbocycles. The minimum atomic E-state index is -0.209. The first-order chi connectivity index (χ1) is 11.3. The molecule has 0 atom stereocenters. The molecule has 0 N–H and O–H groups in total. The average Bonchev–Trinajstić information content (AvgIpc) is 2.58. The van der Waals surface area contributed by atoms with Crippen molar-refractivity contribution in [2.45, 2.75) is 58.3 Å². The van der Waals surface area contributed by atoms with Crippen molar-refractivity contribution in [1.29, 1.82) is 0 Å². The molecule has 0 unspecified atom stereocenters. The molecule has 0 bridgehead atoms. The van der Waals surface area contributed by atoms with Crippen molar-refractivity contribution in [3.63, 3.8) is 0 Å². The Hall–Kier alpha value is -0.800. The van der Waals surface area contributed by atoms with Gasteiger partial charge in [-0.05, 0) is 75.5 Å². The Balaban J connectivity index is 0.00000288. The number of hydrogen-bond acceptors (Lipinski definition) is 2. The van der Waals surface area contributed by atoms with E-state index in [4.69, 9.17) is 4.74 Å². The molecule has 2 nitrogen and oxygen atoms in total. The lowest BCUT2D eigenvalue weighted by atomic mass is 9.94. The second-order valence-corrected chi connectivity index (χ2v) is 6.79. The lowest BCUT2D eigenvalue weighted by Crippen LogP contribution is -2.34. The van der Waals surface area contributed by atoms with Gasteiger partial charge in [0.15, 0.2) is 0 Å². The zero-order chi connectivity index (χ0) is 16.3. The maximum absolute atomic E-state index is 12.8. The van der Waals surface area contributed by atoms with Crippen molar-refractivity contribution in [3.8, 4) is 5.75 Å². The van der Waals surface area contributed by atoms with E-state index >= 15 is 0 Å². The fraction of sp³-hybridized carbons (Fsp3) is 0.700. The molecule has 0 spiro atoms. The van der Waals surface area contributed by atoms with Crippen molar-refractivity contribution < 1.29 is 9.13 Å². The van der Waals surface area contributed by atoms with Crippen LogP contribution in [0.4, 0.5) is 4.39 Å². The SMILES string of the molecule is CCCCCCCN1CCC(CCOc2ccc(F)cc2)CC1.Cl. The summed E-state index contributed by atoms with van der Waals surface area (Å²) in [6.45, 7) is 6.78. The summed E-state index contributed by atoms with van der Waals surface area (Å²) in [6, 6.07) is 6.32. The van der Waals surface area contributed by atoms with Gasteiger partial charge >= 0.3 is 0 Å². The predicted molar refractivity (Wildman–Crippen MR) is 102 cm³/mol. The molecule has 1 aromatic rings. The van der Waals surface area contributed by atoms with Crippen LogP contribution in [-0.2, 0) is 0 Å². The van der Waals surface area contributed by atoms with Gasteiger partial charge in [0.1, 0.15) is 11.6 Å². The quantitative estimate of drug-likeness (QED) is 0.498. The molecule has 24 heavy (non-hydrogen) atoms. The Morgan fingerprint density at radius 2 is 1.71 bits per heavy atom. The van der Waals surface area contributed by atoms with E-state index in [0.29, 0.717) is 0 Å². The minimum absolute atomic E-state index is 0. The van der Waals surface area contributed by atoms with E-state index in [9.17, 15) is 4.39 Å². The summed E-state index contributed by atoms with van der Waals surface area (Å²) in [4.78, 5) is 2.63. The minimum Gasteiger partial charge on any atom is -0.494 e. The molecule has 1 heterocycles. The Morgan fingerprint density at radius 3 is 2.38 bits per heavy atom. The molecule has 0 radical (unpaired) electrons. The highest BCUT2D eigenvalue weighted by atomic mass is 35.5. The molecule has 4 heteroatoms. The number of halogens is 2. The zero-order valence-corrected chi connectivity index (χ0v) is 15.8. The van der Waals surface area contributed by atoms with Gasteiger partial charge in [0.05, 0.1) is 6.61 Å². The van der Waals surface area contributed by atoms with Crippen LogP contribution in [-0.4, -0.2) is 31.1 Å². The van der Waals surface area contributed by atoms with Crippen LogP contribution < -0.4 is 4.74 Å². The topological polar surface area (TPSA) is 12.5 Å². The molecule has 0 saturated carbocycles. The van der Waals surface area contributed by atoms with Gasteiger partial charge in [0.25, 0.3) is 0 Å². The second kappa shape index (κ2) is 12.5. The molecule has 1 saturated heterocycles. The van der Waals surface area contributed by atoms with Gasteiger partial charge in [-0.1, -0.05) is 32.6 Å². The van der Waals surface area contributed by atoms with Gasteiger partial charge in [-0.3, -0.25) is 0 Å². The Bertz CT molecular complexity index is 418. The highest BCUT2D eigenvalue weighted by Crippen LogP contribution is 2.21. The van der Waals surface area contributed by atoms with Crippen molar-refractivity contribution >= 4 is 12.4 Å². The molecule has 138 valence electrons. The fourth-order valence-corrected chi connectivity index (χ4v) is 3.31. The molecule has 1 fully saturated rings. The number of nitrogens with zero attached hydrogens (tertiary/aromatic N) is 1. The number of hydrogen-bond donors (Lipinski definition) is 0. The molecule has 1 aliphatic heterocycles. The van der Waals surface area contributed by atoms with E-state index < -0.39 is 0 Å². The third-order valence-corrected chi connectivity index (χ3v) is 4.89. The molecular weight excluding hydrogens is 325 g/mol. The lowest BCUT2D eigenvalue weighted by molar-refractivity contribution is 0.161. The first-order valence-electron chi connectivity index (χ1n) is 9.38. The number of rotatable bonds is 10. The van der Waals surface area contributed by atoms with Crippen LogP contribution in [0, 0.1) is 11.7 Å². The average molecular weight is 358 g/mol. The van der Waals surface area contributed by atoms with Crippen LogP contribution in [0.3, 0.4) is 0 Å². The van der Waals surface area contributed by atoms with E-state index in [0.717, 1.165) is 24.7 Å². The van der Waals surface area contributed by atoms with Crippen molar-refractivity contribution in [2.24, 2.45) is 5.92 Å². The van der Waals surface area contributed by atoms with Gasteiger partial charge in [0.2, 0.25) is 0 Å².